The van der Waals surface area contributed by atoms with Gasteiger partial charge in [0, 0.05) is 30.6 Å². The molecular weight excluding hydrogens is 378 g/mol. The molecule has 2 fully saturated rings. The second kappa shape index (κ2) is 8.05. The molecular formula is C24H33N3O3. The van der Waals surface area contributed by atoms with Gasteiger partial charge in [0.15, 0.2) is 0 Å². The summed E-state index contributed by atoms with van der Waals surface area (Å²) in [6.45, 7) is 5.31. The third kappa shape index (κ3) is 3.21. The highest BCUT2D eigenvalue weighted by molar-refractivity contribution is 6.02. The lowest BCUT2D eigenvalue weighted by molar-refractivity contribution is -0.140. The van der Waals surface area contributed by atoms with Gasteiger partial charge < -0.3 is 15.5 Å². The van der Waals surface area contributed by atoms with Crippen molar-refractivity contribution >= 4 is 17.7 Å². The van der Waals surface area contributed by atoms with Crippen molar-refractivity contribution in [2.75, 3.05) is 13.1 Å². The minimum Gasteiger partial charge on any atom is -0.369 e. The Labute approximate surface area is 178 Å². The second-order valence-electron chi connectivity index (χ2n) is 9.27. The van der Waals surface area contributed by atoms with E-state index in [1.54, 1.807) is 0 Å². The standard InChI is InChI=1S/C24H33N3O3/c1-3-16(2)27-22(29)19-9-5-4-8-18(19)20(24(27)12-6-7-13-24)23(30)26-14-10-17(11-15-26)21(25)28/h4-5,8-9,16-17,20H,3,6-7,10-15H2,1-2H3,(H2,25,28)/t16-,20-/m0/s1. The fraction of sp³-hybridized carbons (Fsp3) is 0.625. The fourth-order valence-corrected chi connectivity index (χ4v) is 5.97. The van der Waals surface area contributed by atoms with Gasteiger partial charge in [-0.15, -0.1) is 0 Å². The van der Waals surface area contributed by atoms with Crippen LogP contribution in [0, 0.1) is 5.92 Å². The Morgan fingerprint density at radius 1 is 1.17 bits per heavy atom. The zero-order chi connectivity index (χ0) is 21.5. The molecule has 1 aliphatic carbocycles. The number of hydrogen-bond acceptors (Lipinski definition) is 3. The zero-order valence-corrected chi connectivity index (χ0v) is 18.1. The van der Waals surface area contributed by atoms with Crippen molar-refractivity contribution < 1.29 is 14.4 Å². The van der Waals surface area contributed by atoms with Crippen LogP contribution in [-0.2, 0) is 9.59 Å². The Morgan fingerprint density at radius 3 is 2.40 bits per heavy atom. The normalized spacial score (nSPS) is 24.7. The number of carbonyl (C=O) groups is 3. The number of fused-ring (bicyclic) bond motifs is 1. The summed E-state index contributed by atoms with van der Waals surface area (Å²) in [6.07, 6.45) is 5.91. The summed E-state index contributed by atoms with van der Waals surface area (Å²) in [7, 11) is 0. The number of primary amides is 1. The molecule has 2 aliphatic heterocycles. The maximum atomic E-state index is 14.0. The van der Waals surface area contributed by atoms with Crippen molar-refractivity contribution in [3.63, 3.8) is 0 Å². The zero-order valence-electron chi connectivity index (χ0n) is 18.1. The molecule has 6 nitrogen and oxygen atoms in total. The van der Waals surface area contributed by atoms with Crippen LogP contribution < -0.4 is 5.73 Å². The van der Waals surface area contributed by atoms with E-state index in [9.17, 15) is 14.4 Å². The van der Waals surface area contributed by atoms with Gasteiger partial charge in [0.1, 0.15) is 0 Å². The van der Waals surface area contributed by atoms with E-state index in [-0.39, 0.29) is 35.6 Å². The van der Waals surface area contributed by atoms with E-state index in [4.69, 9.17) is 5.73 Å². The number of likely N-dealkylation sites (tertiary alicyclic amines) is 1. The number of rotatable bonds is 4. The Morgan fingerprint density at radius 2 is 1.80 bits per heavy atom. The van der Waals surface area contributed by atoms with E-state index in [0.717, 1.165) is 37.7 Å². The Bertz CT molecular complexity index is 838. The molecule has 0 unspecified atom stereocenters. The van der Waals surface area contributed by atoms with E-state index in [2.05, 4.69) is 18.7 Å². The van der Waals surface area contributed by atoms with Crippen molar-refractivity contribution in [1.82, 2.24) is 9.80 Å². The van der Waals surface area contributed by atoms with Gasteiger partial charge in [0.25, 0.3) is 5.91 Å². The average molecular weight is 412 g/mol. The first-order valence-corrected chi connectivity index (χ1v) is 11.4. The lowest BCUT2D eigenvalue weighted by atomic mass is 9.70. The first-order chi connectivity index (χ1) is 14.4. The molecule has 2 heterocycles. The van der Waals surface area contributed by atoms with Crippen molar-refractivity contribution in [3.8, 4) is 0 Å². The van der Waals surface area contributed by atoms with E-state index in [0.29, 0.717) is 31.5 Å². The van der Waals surface area contributed by atoms with Crippen molar-refractivity contribution in [1.29, 1.82) is 0 Å². The van der Waals surface area contributed by atoms with Gasteiger partial charge in [-0.1, -0.05) is 38.0 Å². The fourth-order valence-electron chi connectivity index (χ4n) is 5.97. The summed E-state index contributed by atoms with van der Waals surface area (Å²) in [4.78, 5) is 43.1. The predicted octanol–water partition coefficient (Wildman–Crippen LogP) is 3.06. The monoisotopic (exact) mass is 411 g/mol. The van der Waals surface area contributed by atoms with Gasteiger partial charge in [-0.2, -0.15) is 0 Å². The van der Waals surface area contributed by atoms with E-state index in [1.165, 1.54) is 0 Å². The smallest absolute Gasteiger partial charge is 0.254 e. The van der Waals surface area contributed by atoms with Crippen LogP contribution in [-0.4, -0.2) is 52.2 Å². The molecule has 1 spiro atoms. The SMILES string of the molecule is CC[C@H](C)N1C(=O)c2ccccc2[C@@H](C(=O)N2CCC(C(N)=O)CC2)C12CCCC2. The number of nitrogens with two attached hydrogens (primary N) is 1. The average Bonchev–Trinajstić information content (AvgIpc) is 3.23. The third-order valence-electron chi connectivity index (χ3n) is 7.70. The molecule has 1 aromatic carbocycles. The summed E-state index contributed by atoms with van der Waals surface area (Å²) in [5.74, 6) is -0.586. The van der Waals surface area contributed by atoms with Crippen LogP contribution >= 0.6 is 0 Å². The minimum absolute atomic E-state index is 0.0679. The van der Waals surface area contributed by atoms with Crippen molar-refractivity contribution in [2.45, 2.75) is 76.3 Å². The van der Waals surface area contributed by atoms with Gasteiger partial charge in [0.2, 0.25) is 11.8 Å². The lowest BCUT2D eigenvalue weighted by Gasteiger charge is -2.53. The summed E-state index contributed by atoms with van der Waals surface area (Å²) in [6, 6.07) is 7.75. The van der Waals surface area contributed by atoms with E-state index >= 15 is 0 Å². The first-order valence-electron chi connectivity index (χ1n) is 11.4. The lowest BCUT2D eigenvalue weighted by Crippen LogP contribution is -2.63. The van der Waals surface area contributed by atoms with Crippen molar-refractivity contribution in [3.05, 3.63) is 35.4 Å². The maximum Gasteiger partial charge on any atom is 0.254 e. The largest absolute Gasteiger partial charge is 0.369 e. The van der Waals surface area contributed by atoms with Crippen LogP contribution in [0.25, 0.3) is 0 Å². The number of nitrogens with zero attached hydrogens (tertiary/aromatic N) is 2. The van der Waals surface area contributed by atoms with Crippen LogP contribution in [0.2, 0.25) is 0 Å². The van der Waals surface area contributed by atoms with Crippen molar-refractivity contribution in [2.24, 2.45) is 11.7 Å². The molecule has 4 rings (SSSR count). The molecule has 1 saturated heterocycles. The van der Waals surface area contributed by atoms with Gasteiger partial charge >= 0.3 is 0 Å². The number of carbonyl (C=O) groups excluding carboxylic acids is 3. The maximum absolute atomic E-state index is 14.0. The Balaban J connectivity index is 1.76. The molecule has 3 aliphatic rings. The number of piperidine rings is 1. The number of amides is 3. The predicted molar refractivity (Wildman–Crippen MR) is 115 cm³/mol. The molecule has 2 atom stereocenters. The highest BCUT2D eigenvalue weighted by Crippen LogP contribution is 2.52. The number of hydrogen-bond donors (Lipinski definition) is 1. The molecule has 0 radical (unpaired) electrons. The van der Waals surface area contributed by atoms with Crippen LogP contribution in [0.1, 0.15) is 80.6 Å². The number of benzene rings is 1. The molecule has 162 valence electrons. The molecule has 0 bridgehead atoms. The summed E-state index contributed by atoms with van der Waals surface area (Å²) >= 11 is 0. The summed E-state index contributed by atoms with van der Waals surface area (Å²) in [5, 5.41) is 0. The van der Waals surface area contributed by atoms with E-state index in [1.807, 2.05) is 29.2 Å². The third-order valence-corrected chi connectivity index (χ3v) is 7.70. The highest BCUT2D eigenvalue weighted by Gasteiger charge is 2.57. The van der Waals surface area contributed by atoms with Gasteiger partial charge in [-0.25, -0.2) is 0 Å². The van der Waals surface area contributed by atoms with Gasteiger partial charge in [-0.3, -0.25) is 14.4 Å². The molecule has 1 aromatic rings. The Hall–Kier alpha value is -2.37. The first kappa shape index (κ1) is 20.9. The van der Waals surface area contributed by atoms with Crippen LogP contribution in [0.5, 0.6) is 0 Å². The molecule has 6 heteroatoms. The molecule has 2 N–H and O–H groups in total. The van der Waals surface area contributed by atoms with Gasteiger partial charge in [0.05, 0.1) is 11.5 Å². The quantitative estimate of drug-likeness (QED) is 0.826. The minimum atomic E-state index is -0.446. The summed E-state index contributed by atoms with van der Waals surface area (Å²) < 4.78 is 0. The highest BCUT2D eigenvalue weighted by atomic mass is 16.2. The molecule has 3 amide bonds. The van der Waals surface area contributed by atoms with Crippen LogP contribution in [0.15, 0.2) is 24.3 Å². The molecule has 1 saturated carbocycles. The molecule has 0 aromatic heterocycles. The van der Waals surface area contributed by atoms with Crippen LogP contribution in [0.4, 0.5) is 0 Å². The van der Waals surface area contributed by atoms with Crippen LogP contribution in [0.3, 0.4) is 0 Å². The van der Waals surface area contributed by atoms with E-state index < -0.39 is 5.54 Å². The summed E-state index contributed by atoms with van der Waals surface area (Å²) in [5.41, 5.74) is 6.59. The van der Waals surface area contributed by atoms with Gasteiger partial charge in [-0.05, 0) is 50.7 Å². The topological polar surface area (TPSA) is 83.7 Å². The second-order valence-corrected chi connectivity index (χ2v) is 9.27. The Kier molecular flexibility index (Phi) is 5.60. The molecule has 30 heavy (non-hydrogen) atoms.